The molecule has 0 radical (unpaired) electrons. The maximum Gasteiger partial charge on any atom is 0.246 e. The number of ether oxygens (including phenoxy) is 1. The van der Waals surface area contributed by atoms with Gasteiger partial charge in [0.15, 0.2) is 0 Å². The number of nitrogens with two attached hydrogens (primary N) is 1. The zero-order valence-corrected chi connectivity index (χ0v) is 12.1. The van der Waals surface area contributed by atoms with Crippen LogP contribution < -0.4 is 10.5 Å². The highest BCUT2D eigenvalue weighted by Crippen LogP contribution is 2.30. The third-order valence-corrected chi connectivity index (χ3v) is 5.35. The maximum absolute atomic E-state index is 12.6. The smallest absolute Gasteiger partial charge is 0.246 e. The van der Waals surface area contributed by atoms with Gasteiger partial charge in [0.1, 0.15) is 10.6 Å². The number of sulfonamides is 1. The zero-order valence-electron chi connectivity index (χ0n) is 11.3. The van der Waals surface area contributed by atoms with Crippen molar-refractivity contribution in [2.45, 2.75) is 24.8 Å². The Bertz CT molecular complexity index is 557. The fourth-order valence-electron chi connectivity index (χ4n) is 2.30. The molecule has 1 unspecified atom stereocenters. The van der Waals surface area contributed by atoms with E-state index < -0.39 is 10.0 Å². The van der Waals surface area contributed by atoms with E-state index in [0.717, 1.165) is 12.0 Å². The molecule has 1 aliphatic heterocycles. The molecule has 0 bridgehead atoms. The minimum Gasteiger partial charge on any atom is -0.495 e. The Balaban J connectivity index is 2.44. The van der Waals surface area contributed by atoms with Crippen LogP contribution in [0.1, 0.15) is 18.9 Å². The molecule has 1 aromatic carbocycles. The molecule has 0 spiro atoms. The minimum atomic E-state index is -3.49. The number of benzene rings is 1. The molecule has 106 valence electrons. The Kier molecular flexibility index (Phi) is 4.13. The fraction of sp³-hybridized carbons (Fsp3) is 0.538. The van der Waals surface area contributed by atoms with Crippen molar-refractivity contribution in [2.24, 2.45) is 11.7 Å². The fourth-order valence-corrected chi connectivity index (χ4v) is 4.08. The monoisotopic (exact) mass is 284 g/mol. The van der Waals surface area contributed by atoms with Crippen molar-refractivity contribution in [3.8, 4) is 5.75 Å². The van der Waals surface area contributed by atoms with Crippen molar-refractivity contribution in [1.29, 1.82) is 0 Å². The van der Waals surface area contributed by atoms with E-state index in [0.29, 0.717) is 31.3 Å². The Morgan fingerprint density at radius 1 is 1.47 bits per heavy atom. The van der Waals surface area contributed by atoms with Crippen molar-refractivity contribution < 1.29 is 13.2 Å². The molecule has 0 amide bonds. The Morgan fingerprint density at radius 2 is 2.21 bits per heavy atom. The number of rotatable bonds is 4. The normalized spacial score (nSPS) is 20.7. The van der Waals surface area contributed by atoms with E-state index in [2.05, 4.69) is 6.92 Å². The van der Waals surface area contributed by atoms with E-state index in [9.17, 15) is 8.42 Å². The second-order valence-corrected chi connectivity index (χ2v) is 6.85. The van der Waals surface area contributed by atoms with E-state index in [-0.39, 0.29) is 4.90 Å². The van der Waals surface area contributed by atoms with Gasteiger partial charge in [0.2, 0.25) is 10.0 Å². The van der Waals surface area contributed by atoms with Gasteiger partial charge in [-0.1, -0.05) is 13.0 Å². The van der Waals surface area contributed by atoms with Gasteiger partial charge in [0.05, 0.1) is 7.11 Å². The summed E-state index contributed by atoms with van der Waals surface area (Å²) in [7, 11) is -2.02. The van der Waals surface area contributed by atoms with Gasteiger partial charge in [-0.15, -0.1) is 0 Å². The Hall–Kier alpha value is -1.11. The summed E-state index contributed by atoms with van der Waals surface area (Å²) in [5, 5.41) is 0. The van der Waals surface area contributed by atoms with E-state index in [1.165, 1.54) is 11.4 Å². The molecule has 6 heteroatoms. The second kappa shape index (κ2) is 5.48. The SMILES string of the molecule is COc1ccc(CN)cc1S(=O)(=O)N1CCC(C)C1. The van der Waals surface area contributed by atoms with Gasteiger partial charge in [-0.25, -0.2) is 8.42 Å². The third-order valence-electron chi connectivity index (χ3n) is 3.47. The first kappa shape index (κ1) is 14.3. The molecule has 1 saturated heterocycles. The van der Waals surface area contributed by atoms with Crippen molar-refractivity contribution in [3.63, 3.8) is 0 Å². The molecule has 2 rings (SSSR count). The van der Waals surface area contributed by atoms with Crippen LogP contribution in [0.15, 0.2) is 23.1 Å². The number of hydrogen-bond acceptors (Lipinski definition) is 4. The first-order chi connectivity index (χ1) is 8.98. The van der Waals surface area contributed by atoms with Crippen molar-refractivity contribution in [1.82, 2.24) is 4.31 Å². The molecule has 0 aliphatic carbocycles. The summed E-state index contributed by atoms with van der Waals surface area (Å²) in [4.78, 5) is 0.215. The van der Waals surface area contributed by atoms with Gasteiger partial charge in [-0.3, -0.25) is 0 Å². The lowest BCUT2D eigenvalue weighted by molar-refractivity contribution is 0.397. The van der Waals surface area contributed by atoms with Crippen LogP contribution in [0.5, 0.6) is 5.75 Å². The topological polar surface area (TPSA) is 72.6 Å². The molecule has 1 fully saturated rings. The standard InChI is InChI=1S/C13H20N2O3S/c1-10-5-6-15(9-10)19(16,17)13-7-11(8-14)3-4-12(13)18-2/h3-4,7,10H,5-6,8-9,14H2,1-2H3. The molecule has 0 aromatic heterocycles. The second-order valence-electron chi connectivity index (χ2n) is 4.95. The van der Waals surface area contributed by atoms with Crippen LogP contribution in [0.4, 0.5) is 0 Å². The van der Waals surface area contributed by atoms with Gasteiger partial charge in [0, 0.05) is 19.6 Å². The summed E-state index contributed by atoms with van der Waals surface area (Å²) in [5.41, 5.74) is 6.36. The largest absolute Gasteiger partial charge is 0.495 e. The molecular formula is C13H20N2O3S. The van der Waals surface area contributed by atoms with Gasteiger partial charge in [0.25, 0.3) is 0 Å². The summed E-state index contributed by atoms with van der Waals surface area (Å²) in [6.07, 6.45) is 0.901. The highest BCUT2D eigenvalue weighted by atomic mass is 32.2. The molecule has 0 saturated carbocycles. The summed E-state index contributed by atoms with van der Waals surface area (Å²) in [6, 6.07) is 5.05. The zero-order chi connectivity index (χ0) is 14.0. The summed E-state index contributed by atoms with van der Waals surface area (Å²) in [5.74, 6) is 0.773. The molecule has 1 aliphatic rings. The van der Waals surface area contributed by atoms with Gasteiger partial charge < -0.3 is 10.5 Å². The first-order valence-electron chi connectivity index (χ1n) is 6.36. The van der Waals surface area contributed by atoms with Crippen molar-refractivity contribution >= 4 is 10.0 Å². The lowest BCUT2D eigenvalue weighted by Crippen LogP contribution is -2.29. The Morgan fingerprint density at radius 3 is 2.74 bits per heavy atom. The summed E-state index contributed by atoms with van der Waals surface area (Å²) in [6.45, 7) is 3.50. The number of methoxy groups -OCH3 is 1. The van der Waals surface area contributed by atoms with E-state index >= 15 is 0 Å². The number of nitrogens with zero attached hydrogens (tertiary/aromatic N) is 1. The van der Waals surface area contributed by atoms with Crippen LogP contribution in [0.25, 0.3) is 0 Å². The van der Waals surface area contributed by atoms with Crippen LogP contribution in [0.2, 0.25) is 0 Å². The van der Waals surface area contributed by atoms with Crippen LogP contribution in [0.3, 0.4) is 0 Å². The molecule has 5 nitrogen and oxygen atoms in total. The predicted octanol–water partition coefficient (Wildman–Crippen LogP) is 1.18. The predicted molar refractivity (Wildman–Crippen MR) is 73.4 cm³/mol. The van der Waals surface area contributed by atoms with Gasteiger partial charge >= 0.3 is 0 Å². The van der Waals surface area contributed by atoms with Crippen molar-refractivity contribution in [3.05, 3.63) is 23.8 Å². The maximum atomic E-state index is 12.6. The lowest BCUT2D eigenvalue weighted by Gasteiger charge is -2.18. The summed E-state index contributed by atoms with van der Waals surface area (Å²) >= 11 is 0. The van der Waals surface area contributed by atoms with Crippen LogP contribution >= 0.6 is 0 Å². The quantitative estimate of drug-likeness (QED) is 0.901. The van der Waals surface area contributed by atoms with Crippen LogP contribution in [-0.4, -0.2) is 32.9 Å². The average molecular weight is 284 g/mol. The first-order valence-corrected chi connectivity index (χ1v) is 7.80. The number of hydrogen-bond donors (Lipinski definition) is 1. The highest BCUT2D eigenvalue weighted by Gasteiger charge is 2.32. The Labute approximate surface area is 114 Å². The molecule has 1 aromatic rings. The van der Waals surface area contributed by atoms with E-state index in [1.54, 1.807) is 18.2 Å². The van der Waals surface area contributed by atoms with Crippen molar-refractivity contribution in [2.75, 3.05) is 20.2 Å². The molecule has 1 atom stereocenters. The van der Waals surface area contributed by atoms with E-state index in [1.807, 2.05) is 0 Å². The third kappa shape index (κ3) is 2.75. The average Bonchev–Trinajstić information content (AvgIpc) is 2.85. The van der Waals surface area contributed by atoms with Gasteiger partial charge in [-0.05, 0) is 30.0 Å². The van der Waals surface area contributed by atoms with Crippen LogP contribution in [-0.2, 0) is 16.6 Å². The molecular weight excluding hydrogens is 264 g/mol. The summed E-state index contributed by atoms with van der Waals surface area (Å²) < 4.78 is 32.0. The van der Waals surface area contributed by atoms with E-state index in [4.69, 9.17) is 10.5 Å². The minimum absolute atomic E-state index is 0.215. The highest BCUT2D eigenvalue weighted by molar-refractivity contribution is 7.89. The molecule has 19 heavy (non-hydrogen) atoms. The lowest BCUT2D eigenvalue weighted by atomic mass is 10.2. The molecule has 1 heterocycles. The van der Waals surface area contributed by atoms with Gasteiger partial charge in [-0.2, -0.15) is 4.31 Å². The van der Waals surface area contributed by atoms with Crippen LogP contribution in [0, 0.1) is 5.92 Å². The molecule has 2 N–H and O–H groups in total.